The van der Waals surface area contributed by atoms with Crippen LogP contribution in [0.2, 0.25) is 0 Å². The normalized spacial score (nSPS) is 16.4. The number of hydrogen-bond acceptors (Lipinski definition) is 3. The molecule has 0 aliphatic carbocycles. The molecule has 3 atom stereocenters. The molecule has 2 N–H and O–H groups in total. The van der Waals surface area contributed by atoms with Gasteiger partial charge in [-0.15, -0.1) is 0 Å². The molecule has 3 unspecified atom stereocenters. The summed E-state index contributed by atoms with van der Waals surface area (Å²) in [6.07, 6.45) is -0.668. The maximum Gasteiger partial charge on any atom is 0.123 e. The summed E-state index contributed by atoms with van der Waals surface area (Å²) in [5.41, 5.74) is 0.710. The van der Waals surface area contributed by atoms with E-state index < -0.39 is 6.10 Å². The molecule has 0 aliphatic heterocycles. The van der Waals surface area contributed by atoms with E-state index in [1.807, 2.05) is 6.92 Å². The molecule has 0 aliphatic rings. The summed E-state index contributed by atoms with van der Waals surface area (Å²) in [6, 6.07) is 5.99. The van der Waals surface area contributed by atoms with E-state index in [1.54, 1.807) is 19.2 Å². The van der Waals surface area contributed by atoms with E-state index in [1.165, 1.54) is 12.1 Å². The molecule has 0 heterocycles. The highest BCUT2D eigenvalue weighted by Crippen LogP contribution is 2.18. The summed E-state index contributed by atoms with van der Waals surface area (Å²) in [6.45, 7) is 6.72. The summed E-state index contributed by atoms with van der Waals surface area (Å²) in [5.74, 6) is 0.110. The van der Waals surface area contributed by atoms with Gasteiger partial charge in [0, 0.05) is 19.2 Å². The zero-order valence-electron chi connectivity index (χ0n) is 12.1. The Morgan fingerprint density at radius 1 is 1.21 bits per heavy atom. The summed E-state index contributed by atoms with van der Waals surface area (Å²) in [4.78, 5) is 0. The highest BCUT2D eigenvalue weighted by Gasteiger charge is 2.21. The topological polar surface area (TPSA) is 41.5 Å². The van der Waals surface area contributed by atoms with Crippen LogP contribution in [0.4, 0.5) is 4.39 Å². The largest absolute Gasteiger partial charge is 0.387 e. The Balaban J connectivity index is 2.65. The molecule has 1 rings (SSSR count). The molecule has 0 spiro atoms. The van der Waals surface area contributed by atoms with Crippen LogP contribution in [0.5, 0.6) is 0 Å². The number of nitrogens with one attached hydrogen (secondary N) is 1. The maximum atomic E-state index is 12.9. The Kier molecular flexibility index (Phi) is 6.42. The van der Waals surface area contributed by atoms with Crippen molar-refractivity contribution in [1.29, 1.82) is 0 Å². The summed E-state index contributed by atoms with van der Waals surface area (Å²) in [5, 5.41) is 13.6. The van der Waals surface area contributed by atoms with Gasteiger partial charge < -0.3 is 15.2 Å². The highest BCUT2D eigenvalue weighted by atomic mass is 19.1. The van der Waals surface area contributed by atoms with E-state index in [4.69, 9.17) is 4.74 Å². The predicted octanol–water partition coefficient (Wildman–Crippen LogP) is 2.51. The third kappa shape index (κ3) is 4.90. The van der Waals surface area contributed by atoms with Crippen LogP contribution >= 0.6 is 0 Å². The molecule has 0 bridgehead atoms. The Bertz CT molecular complexity index is 367. The van der Waals surface area contributed by atoms with Gasteiger partial charge in [-0.1, -0.05) is 26.0 Å². The molecule has 0 saturated carbocycles. The molecular weight excluding hydrogens is 245 g/mol. The van der Waals surface area contributed by atoms with Crippen molar-refractivity contribution in [2.45, 2.75) is 39.0 Å². The second-order valence-corrected chi connectivity index (χ2v) is 5.26. The Labute approximate surface area is 114 Å². The summed E-state index contributed by atoms with van der Waals surface area (Å²) < 4.78 is 18.0. The van der Waals surface area contributed by atoms with Crippen LogP contribution in [-0.2, 0) is 4.74 Å². The second-order valence-electron chi connectivity index (χ2n) is 5.26. The van der Waals surface area contributed by atoms with E-state index in [-0.39, 0.29) is 17.9 Å². The molecule has 19 heavy (non-hydrogen) atoms. The molecular formula is C15H24FNO2. The maximum absolute atomic E-state index is 12.9. The van der Waals surface area contributed by atoms with Crippen LogP contribution < -0.4 is 5.32 Å². The molecule has 1 aromatic carbocycles. The number of halogens is 1. The van der Waals surface area contributed by atoms with E-state index in [2.05, 4.69) is 19.2 Å². The molecule has 0 aromatic heterocycles. The number of ether oxygens (including phenoxy) is 1. The number of benzene rings is 1. The molecule has 1 aromatic rings. The van der Waals surface area contributed by atoms with E-state index in [0.29, 0.717) is 18.1 Å². The fourth-order valence-electron chi connectivity index (χ4n) is 1.99. The lowest BCUT2D eigenvalue weighted by atomic mass is 9.99. The van der Waals surface area contributed by atoms with Crippen molar-refractivity contribution in [2.75, 3.05) is 13.7 Å². The summed E-state index contributed by atoms with van der Waals surface area (Å²) in [7, 11) is 1.66. The number of methoxy groups -OCH3 is 1. The lowest BCUT2D eigenvalue weighted by Gasteiger charge is -2.28. The van der Waals surface area contributed by atoms with Crippen LogP contribution in [-0.4, -0.2) is 30.9 Å². The van der Waals surface area contributed by atoms with Gasteiger partial charge in [0.15, 0.2) is 0 Å². The van der Waals surface area contributed by atoms with Crippen molar-refractivity contribution in [1.82, 2.24) is 5.32 Å². The fourth-order valence-corrected chi connectivity index (χ4v) is 1.99. The van der Waals surface area contributed by atoms with Crippen molar-refractivity contribution in [3.63, 3.8) is 0 Å². The third-order valence-electron chi connectivity index (χ3n) is 3.31. The molecule has 4 heteroatoms. The Hall–Kier alpha value is -0.970. The minimum absolute atomic E-state index is 0.131. The standard InChI is InChI=1S/C15H24FNO2/c1-10(2)14(9-19-4)17-11(3)15(18)12-5-7-13(16)8-6-12/h5-8,10-11,14-15,17-18H,9H2,1-4H3. The van der Waals surface area contributed by atoms with E-state index >= 15 is 0 Å². The van der Waals surface area contributed by atoms with Gasteiger partial charge in [-0.25, -0.2) is 4.39 Å². The van der Waals surface area contributed by atoms with Crippen molar-refractivity contribution in [3.05, 3.63) is 35.6 Å². The van der Waals surface area contributed by atoms with Crippen molar-refractivity contribution in [2.24, 2.45) is 5.92 Å². The van der Waals surface area contributed by atoms with Gasteiger partial charge >= 0.3 is 0 Å². The van der Waals surface area contributed by atoms with Crippen LogP contribution in [0, 0.1) is 11.7 Å². The lowest BCUT2D eigenvalue weighted by molar-refractivity contribution is 0.0966. The smallest absolute Gasteiger partial charge is 0.123 e. The quantitative estimate of drug-likeness (QED) is 0.799. The number of aliphatic hydroxyl groups excluding tert-OH is 1. The minimum Gasteiger partial charge on any atom is -0.387 e. The minimum atomic E-state index is -0.668. The zero-order chi connectivity index (χ0) is 14.4. The average molecular weight is 269 g/mol. The fraction of sp³-hybridized carbons (Fsp3) is 0.600. The third-order valence-corrected chi connectivity index (χ3v) is 3.31. The lowest BCUT2D eigenvalue weighted by Crippen LogP contribution is -2.45. The molecule has 108 valence electrons. The van der Waals surface area contributed by atoms with Crippen LogP contribution in [0.3, 0.4) is 0 Å². The van der Waals surface area contributed by atoms with Gasteiger partial charge in [0.25, 0.3) is 0 Å². The highest BCUT2D eigenvalue weighted by molar-refractivity contribution is 5.19. The van der Waals surface area contributed by atoms with E-state index in [9.17, 15) is 9.50 Å². The predicted molar refractivity (Wildman–Crippen MR) is 74.5 cm³/mol. The van der Waals surface area contributed by atoms with Crippen molar-refractivity contribution < 1.29 is 14.2 Å². The van der Waals surface area contributed by atoms with Gasteiger partial charge in [-0.3, -0.25) is 0 Å². The first-order valence-electron chi connectivity index (χ1n) is 6.64. The van der Waals surface area contributed by atoms with Crippen LogP contribution in [0.25, 0.3) is 0 Å². The molecule has 0 radical (unpaired) electrons. The SMILES string of the molecule is COCC(NC(C)C(O)c1ccc(F)cc1)C(C)C. The number of hydrogen-bond donors (Lipinski definition) is 2. The van der Waals surface area contributed by atoms with Crippen molar-refractivity contribution in [3.8, 4) is 0 Å². The van der Waals surface area contributed by atoms with E-state index in [0.717, 1.165) is 0 Å². The second kappa shape index (κ2) is 7.58. The van der Waals surface area contributed by atoms with Crippen LogP contribution in [0.15, 0.2) is 24.3 Å². The number of rotatable bonds is 7. The van der Waals surface area contributed by atoms with Crippen LogP contribution in [0.1, 0.15) is 32.4 Å². The molecule has 0 saturated heterocycles. The molecule has 0 amide bonds. The average Bonchev–Trinajstić information content (AvgIpc) is 2.38. The van der Waals surface area contributed by atoms with Gasteiger partial charge in [-0.2, -0.15) is 0 Å². The summed E-state index contributed by atoms with van der Waals surface area (Å²) >= 11 is 0. The molecule has 0 fully saturated rings. The Morgan fingerprint density at radius 2 is 1.79 bits per heavy atom. The van der Waals surface area contributed by atoms with Gasteiger partial charge in [0.05, 0.1) is 12.7 Å². The first-order chi connectivity index (χ1) is 8.95. The first kappa shape index (κ1) is 16.1. The zero-order valence-corrected chi connectivity index (χ0v) is 12.1. The van der Waals surface area contributed by atoms with Gasteiger partial charge in [0.1, 0.15) is 5.82 Å². The van der Waals surface area contributed by atoms with Gasteiger partial charge in [0.2, 0.25) is 0 Å². The monoisotopic (exact) mass is 269 g/mol. The number of aliphatic hydroxyl groups is 1. The molecule has 3 nitrogen and oxygen atoms in total. The first-order valence-corrected chi connectivity index (χ1v) is 6.64. The van der Waals surface area contributed by atoms with Crippen molar-refractivity contribution >= 4 is 0 Å². The van der Waals surface area contributed by atoms with Gasteiger partial charge in [-0.05, 0) is 30.5 Å². The Morgan fingerprint density at radius 3 is 2.26 bits per heavy atom.